The molecule has 3 nitrogen and oxygen atoms in total. The van der Waals surface area contributed by atoms with Gasteiger partial charge in [-0.1, -0.05) is 38.8 Å². The van der Waals surface area contributed by atoms with Crippen LogP contribution >= 0.6 is 0 Å². The van der Waals surface area contributed by atoms with E-state index in [1.54, 1.807) is 6.08 Å². The highest BCUT2D eigenvalue weighted by Gasteiger charge is 2.04. The van der Waals surface area contributed by atoms with Gasteiger partial charge in [0.2, 0.25) is 5.91 Å². The van der Waals surface area contributed by atoms with Crippen molar-refractivity contribution in [1.29, 1.82) is 0 Å². The molecular weight excluding hydrogens is 250 g/mol. The number of ether oxygens (including phenoxy) is 1. The van der Waals surface area contributed by atoms with Gasteiger partial charge in [0.15, 0.2) is 0 Å². The van der Waals surface area contributed by atoms with Gasteiger partial charge in [-0.05, 0) is 36.6 Å². The van der Waals surface area contributed by atoms with Crippen LogP contribution in [-0.4, -0.2) is 19.1 Å². The molecule has 0 heterocycles. The van der Waals surface area contributed by atoms with E-state index in [4.69, 9.17) is 4.74 Å². The standard InChI is InChI=1S/C17H25NO2/c1-4-14(5-2)13-18-17(19)12-9-15-7-10-16(11-8-15)20-6-3/h7-12,14H,4-6,13H2,1-3H3,(H,18,19)/b12-9+. The van der Waals surface area contributed by atoms with Crippen LogP contribution in [0.4, 0.5) is 0 Å². The maximum atomic E-state index is 11.7. The van der Waals surface area contributed by atoms with E-state index in [1.807, 2.05) is 37.3 Å². The van der Waals surface area contributed by atoms with Crippen LogP contribution < -0.4 is 10.1 Å². The van der Waals surface area contributed by atoms with E-state index in [9.17, 15) is 4.79 Å². The number of carbonyl (C=O) groups excluding carboxylic acids is 1. The largest absolute Gasteiger partial charge is 0.494 e. The first-order valence-corrected chi connectivity index (χ1v) is 7.38. The lowest BCUT2D eigenvalue weighted by atomic mass is 10.0. The summed E-state index contributed by atoms with van der Waals surface area (Å²) in [7, 11) is 0. The molecule has 0 saturated heterocycles. The Balaban J connectivity index is 2.44. The quantitative estimate of drug-likeness (QED) is 0.735. The van der Waals surface area contributed by atoms with Crippen molar-refractivity contribution >= 4 is 12.0 Å². The lowest BCUT2D eigenvalue weighted by Gasteiger charge is -2.11. The lowest BCUT2D eigenvalue weighted by molar-refractivity contribution is -0.116. The van der Waals surface area contributed by atoms with Gasteiger partial charge in [0.25, 0.3) is 0 Å². The molecule has 20 heavy (non-hydrogen) atoms. The summed E-state index contributed by atoms with van der Waals surface area (Å²) in [5, 5.41) is 2.94. The van der Waals surface area contributed by atoms with Crippen molar-refractivity contribution in [2.75, 3.05) is 13.2 Å². The Morgan fingerprint density at radius 2 is 1.85 bits per heavy atom. The molecule has 1 aromatic carbocycles. The summed E-state index contributed by atoms with van der Waals surface area (Å²) in [5.41, 5.74) is 0.992. The fourth-order valence-electron chi connectivity index (χ4n) is 1.89. The smallest absolute Gasteiger partial charge is 0.244 e. The van der Waals surface area contributed by atoms with Crippen molar-refractivity contribution in [2.45, 2.75) is 33.6 Å². The third kappa shape index (κ3) is 5.91. The Morgan fingerprint density at radius 3 is 2.40 bits per heavy atom. The Bertz CT molecular complexity index is 419. The van der Waals surface area contributed by atoms with E-state index in [0.29, 0.717) is 12.5 Å². The number of nitrogens with one attached hydrogen (secondary N) is 1. The summed E-state index contributed by atoms with van der Waals surface area (Å²) < 4.78 is 5.37. The molecule has 0 radical (unpaired) electrons. The van der Waals surface area contributed by atoms with Crippen molar-refractivity contribution in [3.05, 3.63) is 35.9 Å². The highest BCUT2D eigenvalue weighted by molar-refractivity contribution is 5.91. The average molecular weight is 275 g/mol. The molecule has 1 rings (SSSR count). The summed E-state index contributed by atoms with van der Waals surface area (Å²) in [6.07, 6.45) is 5.59. The Morgan fingerprint density at radius 1 is 1.20 bits per heavy atom. The third-order valence-electron chi connectivity index (χ3n) is 3.34. The summed E-state index contributed by atoms with van der Waals surface area (Å²) in [6, 6.07) is 7.70. The van der Waals surface area contributed by atoms with Gasteiger partial charge in [-0.15, -0.1) is 0 Å². The zero-order valence-corrected chi connectivity index (χ0v) is 12.7. The zero-order chi connectivity index (χ0) is 14.8. The van der Waals surface area contributed by atoms with Crippen molar-refractivity contribution in [1.82, 2.24) is 5.32 Å². The minimum atomic E-state index is -0.0363. The topological polar surface area (TPSA) is 38.3 Å². The van der Waals surface area contributed by atoms with Gasteiger partial charge in [-0.25, -0.2) is 0 Å². The molecule has 1 aromatic rings. The van der Waals surface area contributed by atoms with Crippen LogP contribution in [0.2, 0.25) is 0 Å². The second-order valence-electron chi connectivity index (χ2n) is 4.76. The summed E-state index contributed by atoms with van der Waals surface area (Å²) in [6.45, 7) is 7.66. The van der Waals surface area contributed by atoms with Crippen LogP contribution in [0.3, 0.4) is 0 Å². The molecule has 110 valence electrons. The molecule has 0 fully saturated rings. The van der Waals surface area contributed by atoms with Crippen LogP contribution in [0.1, 0.15) is 39.2 Å². The first-order chi connectivity index (χ1) is 9.69. The maximum Gasteiger partial charge on any atom is 0.244 e. The van der Waals surface area contributed by atoms with E-state index in [-0.39, 0.29) is 5.91 Å². The fourth-order valence-corrected chi connectivity index (χ4v) is 1.89. The first kappa shape index (κ1) is 16.3. The second kappa shape index (κ2) is 9.18. The van der Waals surface area contributed by atoms with Crippen LogP contribution in [0.25, 0.3) is 6.08 Å². The molecule has 0 saturated carbocycles. The predicted octanol–water partition coefficient (Wildman–Crippen LogP) is 3.65. The number of amides is 1. The zero-order valence-electron chi connectivity index (χ0n) is 12.7. The summed E-state index contributed by atoms with van der Waals surface area (Å²) in [4.78, 5) is 11.7. The van der Waals surface area contributed by atoms with Crippen LogP contribution in [0, 0.1) is 5.92 Å². The molecule has 1 amide bonds. The fraction of sp³-hybridized carbons (Fsp3) is 0.471. The van der Waals surface area contributed by atoms with Gasteiger partial charge in [-0.3, -0.25) is 4.79 Å². The van der Waals surface area contributed by atoms with E-state index in [1.165, 1.54) is 0 Å². The number of hydrogen-bond donors (Lipinski definition) is 1. The van der Waals surface area contributed by atoms with Gasteiger partial charge in [0, 0.05) is 12.6 Å². The van der Waals surface area contributed by atoms with E-state index >= 15 is 0 Å². The molecular formula is C17H25NO2. The minimum absolute atomic E-state index is 0.0363. The van der Waals surface area contributed by atoms with Gasteiger partial charge in [0.05, 0.1) is 6.61 Å². The Labute approximate surface area is 122 Å². The maximum absolute atomic E-state index is 11.7. The highest BCUT2D eigenvalue weighted by Crippen LogP contribution is 2.13. The van der Waals surface area contributed by atoms with Gasteiger partial charge < -0.3 is 10.1 Å². The molecule has 0 aliphatic rings. The Hall–Kier alpha value is -1.77. The molecule has 0 spiro atoms. The second-order valence-corrected chi connectivity index (χ2v) is 4.76. The van der Waals surface area contributed by atoms with Crippen LogP contribution in [0.15, 0.2) is 30.3 Å². The molecule has 0 aliphatic carbocycles. The monoisotopic (exact) mass is 275 g/mol. The summed E-state index contributed by atoms with van der Waals surface area (Å²) in [5.74, 6) is 1.38. The predicted molar refractivity (Wildman–Crippen MR) is 83.7 cm³/mol. The van der Waals surface area contributed by atoms with Crippen molar-refractivity contribution in [3.8, 4) is 5.75 Å². The van der Waals surface area contributed by atoms with E-state index in [0.717, 1.165) is 30.7 Å². The normalized spacial score (nSPS) is 11.0. The van der Waals surface area contributed by atoms with Gasteiger partial charge >= 0.3 is 0 Å². The summed E-state index contributed by atoms with van der Waals surface area (Å²) >= 11 is 0. The minimum Gasteiger partial charge on any atom is -0.494 e. The number of benzene rings is 1. The van der Waals surface area contributed by atoms with Crippen LogP contribution in [0.5, 0.6) is 5.75 Å². The van der Waals surface area contributed by atoms with Gasteiger partial charge in [0.1, 0.15) is 5.75 Å². The third-order valence-corrected chi connectivity index (χ3v) is 3.34. The average Bonchev–Trinajstić information content (AvgIpc) is 2.48. The first-order valence-electron chi connectivity index (χ1n) is 7.38. The van der Waals surface area contributed by atoms with E-state index in [2.05, 4.69) is 19.2 Å². The molecule has 1 N–H and O–H groups in total. The molecule has 0 atom stereocenters. The molecule has 0 unspecified atom stereocenters. The molecule has 0 aromatic heterocycles. The molecule has 0 aliphatic heterocycles. The van der Waals surface area contributed by atoms with Gasteiger partial charge in [-0.2, -0.15) is 0 Å². The number of rotatable bonds is 8. The van der Waals surface area contributed by atoms with Crippen molar-refractivity contribution in [2.24, 2.45) is 5.92 Å². The molecule has 3 heteroatoms. The SMILES string of the molecule is CCOc1ccc(/C=C/C(=O)NCC(CC)CC)cc1. The van der Waals surface area contributed by atoms with Crippen LogP contribution in [-0.2, 0) is 4.79 Å². The van der Waals surface area contributed by atoms with Crippen molar-refractivity contribution in [3.63, 3.8) is 0 Å². The number of carbonyl (C=O) groups is 1. The molecule has 0 bridgehead atoms. The van der Waals surface area contributed by atoms with Crippen molar-refractivity contribution < 1.29 is 9.53 Å². The highest BCUT2D eigenvalue weighted by atomic mass is 16.5. The van der Waals surface area contributed by atoms with E-state index < -0.39 is 0 Å². The lowest BCUT2D eigenvalue weighted by Crippen LogP contribution is -2.27. The number of hydrogen-bond acceptors (Lipinski definition) is 2. The Kier molecular flexibility index (Phi) is 7.48.